The first-order chi connectivity index (χ1) is 12.4. The summed E-state index contributed by atoms with van der Waals surface area (Å²) in [5.41, 5.74) is 2.99. The molecule has 0 bridgehead atoms. The number of hydrazone groups is 1. The highest BCUT2D eigenvalue weighted by atomic mass is 16.6. The Kier molecular flexibility index (Phi) is 6.49. The molecule has 2 aromatic rings. The Morgan fingerprint density at radius 2 is 1.88 bits per heavy atom. The number of hydrogen-bond acceptors (Lipinski definition) is 5. The maximum Gasteiger partial charge on any atom is 0.305 e. The molecule has 2 N–H and O–H groups in total. The Bertz CT molecular complexity index is 836. The summed E-state index contributed by atoms with van der Waals surface area (Å²) in [4.78, 5) is 33.9. The first-order valence-electron chi connectivity index (χ1n) is 7.74. The number of nitrogens with one attached hydrogen (secondary N) is 2. The normalized spacial score (nSPS) is 10.9. The van der Waals surface area contributed by atoms with Gasteiger partial charge in [0, 0.05) is 35.7 Å². The Hall–Kier alpha value is -3.62. The lowest BCUT2D eigenvalue weighted by Crippen LogP contribution is -2.41. The fraction of sp³-hybridized carbons (Fsp3) is 0.176. The van der Waals surface area contributed by atoms with Gasteiger partial charge in [0.2, 0.25) is 12.5 Å². The summed E-state index contributed by atoms with van der Waals surface area (Å²) in [6, 6.07) is 11.1. The number of carbonyl (C=O) groups excluding carboxylic acids is 2. The van der Waals surface area contributed by atoms with Crippen LogP contribution in [0.5, 0.6) is 0 Å². The molecule has 26 heavy (non-hydrogen) atoms. The zero-order valence-electron chi connectivity index (χ0n) is 14.1. The summed E-state index contributed by atoms with van der Waals surface area (Å²) in [6.07, 6.45) is 3.45. The van der Waals surface area contributed by atoms with Gasteiger partial charge in [-0.1, -0.05) is 12.1 Å². The van der Waals surface area contributed by atoms with Crippen LogP contribution in [0.25, 0.3) is 0 Å². The number of anilines is 1. The second-order valence-corrected chi connectivity index (χ2v) is 5.46. The van der Waals surface area contributed by atoms with Crippen molar-refractivity contribution in [1.82, 2.24) is 5.43 Å². The SMILES string of the molecule is C/C(CC(=O)Nc1cccc([N+](=O)[O-])c1)=N/NC(=O)C[n+]1ccccc1. The smallest absolute Gasteiger partial charge is 0.305 e. The van der Waals surface area contributed by atoms with Gasteiger partial charge in [0.1, 0.15) is 0 Å². The van der Waals surface area contributed by atoms with Crippen molar-refractivity contribution in [3.63, 3.8) is 0 Å². The van der Waals surface area contributed by atoms with Crippen LogP contribution in [0.4, 0.5) is 11.4 Å². The lowest BCUT2D eigenvalue weighted by atomic mass is 10.2. The highest BCUT2D eigenvalue weighted by Gasteiger charge is 2.10. The van der Waals surface area contributed by atoms with Gasteiger partial charge in [-0.2, -0.15) is 9.67 Å². The third kappa shape index (κ3) is 6.11. The molecule has 9 nitrogen and oxygen atoms in total. The minimum Gasteiger partial charge on any atom is -0.326 e. The first kappa shape index (κ1) is 18.7. The highest BCUT2D eigenvalue weighted by molar-refractivity contribution is 6.05. The second kappa shape index (κ2) is 9.02. The van der Waals surface area contributed by atoms with E-state index in [9.17, 15) is 19.7 Å². The number of rotatable bonds is 7. The molecule has 1 aromatic carbocycles. The molecular weight excluding hydrogens is 338 g/mol. The Morgan fingerprint density at radius 3 is 2.58 bits per heavy atom. The summed E-state index contributed by atoms with van der Waals surface area (Å²) in [6.45, 7) is 1.71. The van der Waals surface area contributed by atoms with E-state index in [1.54, 1.807) is 42.1 Å². The molecule has 9 heteroatoms. The van der Waals surface area contributed by atoms with E-state index in [1.165, 1.54) is 18.2 Å². The van der Waals surface area contributed by atoms with Crippen molar-refractivity contribution in [2.24, 2.45) is 5.10 Å². The predicted molar refractivity (Wildman–Crippen MR) is 94.2 cm³/mol. The number of pyridine rings is 1. The van der Waals surface area contributed by atoms with Crippen LogP contribution in [0.3, 0.4) is 0 Å². The molecule has 0 aliphatic heterocycles. The van der Waals surface area contributed by atoms with Crippen LogP contribution in [0.15, 0.2) is 60.0 Å². The van der Waals surface area contributed by atoms with E-state index in [-0.39, 0.29) is 24.6 Å². The van der Waals surface area contributed by atoms with Crippen LogP contribution < -0.4 is 15.3 Å². The Labute approximate surface area is 149 Å². The van der Waals surface area contributed by atoms with Gasteiger partial charge < -0.3 is 5.32 Å². The highest BCUT2D eigenvalue weighted by Crippen LogP contribution is 2.17. The average Bonchev–Trinajstić information content (AvgIpc) is 2.61. The summed E-state index contributed by atoms with van der Waals surface area (Å²) in [5, 5.41) is 17.2. The van der Waals surface area contributed by atoms with Crippen molar-refractivity contribution >= 4 is 28.9 Å². The molecule has 0 aliphatic carbocycles. The molecule has 134 valence electrons. The molecule has 0 saturated heterocycles. The molecule has 1 heterocycles. The monoisotopic (exact) mass is 356 g/mol. The molecule has 1 aromatic heterocycles. The first-order valence-corrected chi connectivity index (χ1v) is 7.74. The van der Waals surface area contributed by atoms with Crippen molar-refractivity contribution in [2.75, 3.05) is 5.32 Å². The molecule has 2 rings (SSSR count). The van der Waals surface area contributed by atoms with Crippen molar-refractivity contribution < 1.29 is 19.1 Å². The zero-order valence-corrected chi connectivity index (χ0v) is 14.1. The van der Waals surface area contributed by atoms with Crippen LogP contribution in [-0.4, -0.2) is 22.4 Å². The topological polar surface area (TPSA) is 118 Å². The molecule has 2 amide bonds. The fourth-order valence-electron chi connectivity index (χ4n) is 2.07. The maximum absolute atomic E-state index is 12.0. The van der Waals surface area contributed by atoms with Crippen molar-refractivity contribution in [2.45, 2.75) is 19.9 Å². The number of amides is 2. The Morgan fingerprint density at radius 1 is 1.15 bits per heavy atom. The number of nitro benzene ring substituents is 1. The van der Waals surface area contributed by atoms with E-state index in [2.05, 4.69) is 15.8 Å². The lowest BCUT2D eigenvalue weighted by Gasteiger charge is -2.05. The van der Waals surface area contributed by atoms with Gasteiger partial charge in [-0.25, -0.2) is 5.43 Å². The number of non-ortho nitro benzene ring substituents is 1. The molecule has 0 spiro atoms. The number of benzene rings is 1. The van der Waals surface area contributed by atoms with E-state index in [4.69, 9.17) is 0 Å². The van der Waals surface area contributed by atoms with Gasteiger partial charge >= 0.3 is 5.91 Å². The molecular formula is C17H18N5O4+. The quantitative estimate of drug-likeness (QED) is 0.337. The second-order valence-electron chi connectivity index (χ2n) is 5.46. The third-order valence-electron chi connectivity index (χ3n) is 3.23. The number of carbonyl (C=O) groups is 2. The third-order valence-corrected chi connectivity index (χ3v) is 3.23. The van der Waals surface area contributed by atoms with Gasteiger partial charge in [-0.05, 0) is 13.0 Å². The minimum atomic E-state index is -0.539. The molecule has 0 saturated carbocycles. The number of nitrogens with zero attached hydrogens (tertiary/aromatic N) is 3. The lowest BCUT2D eigenvalue weighted by molar-refractivity contribution is -0.684. The van der Waals surface area contributed by atoms with Crippen LogP contribution >= 0.6 is 0 Å². The molecule has 0 aliphatic rings. The zero-order chi connectivity index (χ0) is 18.9. The van der Waals surface area contributed by atoms with Gasteiger partial charge in [0.15, 0.2) is 12.4 Å². The van der Waals surface area contributed by atoms with Gasteiger partial charge in [0.05, 0.1) is 11.3 Å². The molecule has 0 radical (unpaired) electrons. The van der Waals surface area contributed by atoms with Crippen LogP contribution in [0.2, 0.25) is 0 Å². The van der Waals surface area contributed by atoms with Gasteiger partial charge in [-0.3, -0.25) is 19.7 Å². The van der Waals surface area contributed by atoms with Crippen LogP contribution in [0.1, 0.15) is 13.3 Å². The van der Waals surface area contributed by atoms with Crippen molar-refractivity contribution in [3.8, 4) is 0 Å². The summed E-state index contributed by atoms with van der Waals surface area (Å²) in [7, 11) is 0. The van der Waals surface area contributed by atoms with Gasteiger partial charge in [-0.15, -0.1) is 0 Å². The number of aromatic nitrogens is 1. The fourth-order valence-corrected chi connectivity index (χ4v) is 2.07. The van der Waals surface area contributed by atoms with E-state index in [0.29, 0.717) is 11.4 Å². The van der Waals surface area contributed by atoms with E-state index >= 15 is 0 Å². The largest absolute Gasteiger partial charge is 0.326 e. The molecule has 0 atom stereocenters. The minimum absolute atomic E-state index is 0.0541. The molecule has 0 unspecified atom stereocenters. The van der Waals surface area contributed by atoms with Crippen molar-refractivity contribution in [1.29, 1.82) is 0 Å². The standard InChI is InChI=1S/C17H17N5O4/c1-13(19-20-17(24)12-21-8-3-2-4-9-21)10-16(23)18-14-6-5-7-15(11-14)22(25)26/h2-9,11H,10,12H2,1H3,(H-,18,20,23,24)/p+1/b19-13-. The number of nitro groups is 1. The van der Waals surface area contributed by atoms with E-state index in [0.717, 1.165) is 0 Å². The average molecular weight is 356 g/mol. The molecule has 0 fully saturated rings. The predicted octanol–water partition coefficient (Wildman–Crippen LogP) is 1.40. The number of hydrogen-bond donors (Lipinski definition) is 2. The van der Waals surface area contributed by atoms with E-state index < -0.39 is 10.8 Å². The summed E-state index contributed by atoms with van der Waals surface area (Å²) >= 11 is 0. The maximum atomic E-state index is 12.0. The summed E-state index contributed by atoms with van der Waals surface area (Å²) < 4.78 is 1.69. The van der Waals surface area contributed by atoms with Gasteiger partial charge in [0.25, 0.3) is 5.69 Å². The Balaban J connectivity index is 1.84. The van der Waals surface area contributed by atoms with Crippen LogP contribution in [0, 0.1) is 10.1 Å². The van der Waals surface area contributed by atoms with Crippen molar-refractivity contribution in [3.05, 3.63) is 65.0 Å². The summed E-state index contributed by atoms with van der Waals surface area (Å²) in [5.74, 6) is -0.710. The van der Waals surface area contributed by atoms with E-state index in [1.807, 2.05) is 6.07 Å². The van der Waals surface area contributed by atoms with Crippen LogP contribution in [-0.2, 0) is 16.1 Å².